The molecule has 150 valence electrons. The Morgan fingerprint density at radius 3 is 2.72 bits per heavy atom. The number of cyclic esters (lactones) is 1. The molecule has 0 spiro atoms. The molecule has 8 heteroatoms. The number of anilines is 2. The van der Waals surface area contributed by atoms with E-state index in [0.717, 1.165) is 15.4 Å². The van der Waals surface area contributed by atoms with E-state index in [1.807, 2.05) is 43.5 Å². The first-order chi connectivity index (χ1) is 14.0. The lowest BCUT2D eigenvalue weighted by molar-refractivity contribution is 0.177. The van der Waals surface area contributed by atoms with Gasteiger partial charge in [0.2, 0.25) is 5.95 Å². The van der Waals surface area contributed by atoms with Crippen molar-refractivity contribution in [3.63, 3.8) is 0 Å². The number of aromatic nitrogens is 3. The molecule has 1 amide bonds. The first kappa shape index (κ1) is 19.3. The Balaban J connectivity index is 1.51. The van der Waals surface area contributed by atoms with Crippen molar-refractivity contribution in [3.05, 3.63) is 53.7 Å². The Labute approximate surface area is 173 Å². The second kappa shape index (κ2) is 8.16. The molecular formula is C21H23N5O2S. The average Bonchev–Trinajstić information content (AvgIpc) is 3.36. The van der Waals surface area contributed by atoms with Gasteiger partial charge in [-0.1, -0.05) is 44.2 Å². The van der Waals surface area contributed by atoms with Crippen molar-refractivity contribution >= 4 is 29.2 Å². The Hall–Kier alpha value is -3.00. The summed E-state index contributed by atoms with van der Waals surface area (Å²) in [5, 5.41) is 4.29. The van der Waals surface area contributed by atoms with Crippen LogP contribution in [0, 0.1) is 5.92 Å². The highest BCUT2D eigenvalue weighted by Gasteiger charge is 2.37. The zero-order valence-corrected chi connectivity index (χ0v) is 17.4. The van der Waals surface area contributed by atoms with Gasteiger partial charge in [0.25, 0.3) is 0 Å². The summed E-state index contributed by atoms with van der Waals surface area (Å²) in [5.74, 6) is 1.28. The number of benzene rings is 1. The van der Waals surface area contributed by atoms with Gasteiger partial charge in [-0.15, -0.1) is 11.3 Å². The maximum Gasteiger partial charge on any atom is 0.415 e. The van der Waals surface area contributed by atoms with Crippen molar-refractivity contribution < 1.29 is 9.53 Å². The van der Waals surface area contributed by atoms with E-state index in [-0.39, 0.29) is 24.1 Å². The van der Waals surface area contributed by atoms with E-state index < -0.39 is 0 Å². The molecule has 0 unspecified atom stereocenters. The highest BCUT2D eigenvalue weighted by molar-refractivity contribution is 7.15. The van der Waals surface area contributed by atoms with Crippen LogP contribution in [0.15, 0.2) is 48.8 Å². The molecule has 0 aliphatic carbocycles. The fraction of sp³-hybridized carbons (Fsp3) is 0.333. The molecule has 29 heavy (non-hydrogen) atoms. The Kier molecular flexibility index (Phi) is 5.44. The van der Waals surface area contributed by atoms with Crippen LogP contribution >= 0.6 is 11.3 Å². The summed E-state index contributed by atoms with van der Waals surface area (Å²) in [5.41, 5.74) is 1.10. The van der Waals surface area contributed by atoms with Gasteiger partial charge < -0.3 is 10.1 Å². The summed E-state index contributed by atoms with van der Waals surface area (Å²) in [6.45, 7) is 6.55. The van der Waals surface area contributed by atoms with E-state index >= 15 is 0 Å². The standard InChI is InChI=1S/C21H23N5O2S/c1-13(2)16-12-28-21(27)26(16)18-9-10-22-20(25-18)24-14(3)17-11-23-19(29-17)15-7-5-4-6-8-15/h4-11,13-14,16H,12H2,1-3H3,(H,22,24,25)/t14-,16-/m1/s1. The summed E-state index contributed by atoms with van der Waals surface area (Å²) in [7, 11) is 0. The smallest absolute Gasteiger partial charge is 0.415 e. The molecule has 1 aliphatic rings. The third-order valence-electron chi connectivity index (χ3n) is 4.88. The first-order valence-electron chi connectivity index (χ1n) is 9.59. The highest BCUT2D eigenvalue weighted by Crippen LogP contribution is 2.30. The quantitative estimate of drug-likeness (QED) is 0.633. The molecule has 0 saturated carbocycles. The van der Waals surface area contributed by atoms with Crippen molar-refractivity contribution in [2.24, 2.45) is 5.92 Å². The minimum Gasteiger partial charge on any atom is -0.447 e. The second-order valence-electron chi connectivity index (χ2n) is 7.30. The fourth-order valence-corrected chi connectivity index (χ4v) is 4.13. The summed E-state index contributed by atoms with van der Waals surface area (Å²) >= 11 is 1.63. The van der Waals surface area contributed by atoms with Crippen molar-refractivity contribution in [3.8, 4) is 10.6 Å². The molecule has 0 bridgehead atoms. The highest BCUT2D eigenvalue weighted by atomic mass is 32.1. The number of carbonyl (C=O) groups excluding carboxylic acids is 1. The van der Waals surface area contributed by atoms with Crippen molar-refractivity contribution in [1.82, 2.24) is 15.0 Å². The topological polar surface area (TPSA) is 80.2 Å². The molecule has 1 N–H and O–H groups in total. The van der Waals surface area contributed by atoms with Crippen LogP contribution < -0.4 is 10.2 Å². The van der Waals surface area contributed by atoms with Crippen molar-refractivity contribution in [2.45, 2.75) is 32.9 Å². The van der Waals surface area contributed by atoms with Gasteiger partial charge in [0, 0.05) is 22.8 Å². The summed E-state index contributed by atoms with van der Waals surface area (Å²) in [6.07, 6.45) is 3.17. The van der Waals surface area contributed by atoms with E-state index in [1.165, 1.54) is 0 Å². The molecule has 4 rings (SSSR count). The van der Waals surface area contributed by atoms with Crippen LogP contribution in [0.4, 0.5) is 16.6 Å². The normalized spacial score (nSPS) is 17.4. The number of ether oxygens (including phenoxy) is 1. The lowest BCUT2D eigenvalue weighted by Gasteiger charge is -2.23. The van der Waals surface area contributed by atoms with E-state index in [0.29, 0.717) is 18.4 Å². The first-order valence-corrected chi connectivity index (χ1v) is 10.4. The molecule has 7 nitrogen and oxygen atoms in total. The molecule has 2 atom stereocenters. The van der Waals surface area contributed by atoms with Gasteiger partial charge in [0.1, 0.15) is 17.4 Å². The molecular weight excluding hydrogens is 386 g/mol. The molecule has 1 fully saturated rings. The van der Waals surface area contributed by atoms with Crippen LogP contribution in [-0.2, 0) is 4.74 Å². The maximum absolute atomic E-state index is 12.2. The van der Waals surface area contributed by atoms with Crippen molar-refractivity contribution in [2.75, 3.05) is 16.8 Å². The molecule has 1 aliphatic heterocycles. The minimum absolute atomic E-state index is 0.0216. The van der Waals surface area contributed by atoms with E-state index in [1.54, 1.807) is 28.5 Å². The summed E-state index contributed by atoms with van der Waals surface area (Å²) in [6, 6.07) is 11.8. The van der Waals surface area contributed by atoms with Gasteiger partial charge in [-0.3, -0.25) is 4.90 Å². The summed E-state index contributed by atoms with van der Waals surface area (Å²) < 4.78 is 5.23. The Bertz CT molecular complexity index is 992. The lowest BCUT2D eigenvalue weighted by atomic mass is 10.0. The molecule has 3 heterocycles. The van der Waals surface area contributed by atoms with Gasteiger partial charge >= 0.3 is 6.09 Å². The SMILES string of the molecule is CC(C)[C@H]1COC(=O)N1c1ccnc(N[C@H](C)c2cnc(-c3ccccc3)s2)n1. The lowest BCUT2D eigenvalue weighted by Crippen LogP contribution is -2.37. The summed E-state index contributed by atoms with van der Waals surface area (Å²) in [4.78, 5) is 28.3. The van der Waals surface area contributed by atoms with Gasteiger partial charge in [-0.2, -0.15) is 4.98 Å². The van der Waals surface area contributed by atoms with Gasteiger partial charge in [0.15, 0.2) is 0 Å². The average molecular weight is 410 g/mol. The van der Waals surface area contributed by atoms with Crippen LogP contribution in [-0.4, -0.2) is 33.7 Å². The number of nitrogens with zero attached hydrogens (tertiary/aromatic N) is 4. The third kappa shape index (κ3) is 4.07. The monoisotopic (exact) mass is 409 g/mol. The number of thiazole rings is 1. The molecule has 2 aromatic heterocycles. The van der Waals surface area contributed by atoms with E-state index in [9.17, 15) is 4.79 Å². The molecule has 1 saturated heterocycles. The van der Waals surface area contributed by atoms with E-state index in [2.05, 4.69) is 34.1 Å². The molecule has 0 radical (unpaired) electrons. The number of hydrogen-bond acceptors (Lipinski definition) is 7. The molecule has 1 aromatic carbocycles. The number of hydrogen-bond donors (Lipinski definition) is 1. The number of rotatable bonds is 6. The van der Waals surface area contributed by atoms with Crippen molar-refractivity contribution in [1.29, 1.82) is 0 Å². The largest absolute Gasteiger partial charge is 0.447 e. The predicted molar refractivity (Wildman–Crippen MR) is 114 cm³/mol. The van der Waals surface area contributed by atoms with Crippen LogP contribution in [0.5, 0.6) is 0 Å². The predicted octanol–water partition coefficient (Wildman–Crippen LogP) is 4.75. The zero-order chi connectivity index (χ0) is 20.4. The molecule has 3 aromatic rings. The number of carbonyl (C=O) groups is 1. The fourth-order valence-electron chi connectivity index (χ4n) is 3.21. The second-order valence-corrected chi connectivity index (χ2v) is 8.36. The Morgan fingerprint density at radius 2 is 1.97 bits per heavy atom. The zero-order valence-electron chi connectivity index (χ0n) is 16.6. The number of amides is 1. The van der Waals surface area contributed by atoms with Crippen LogP contribution in [0.25, 0.3) is 10.6 Å². The van der Waals surface area contributed by atoms with Gasteiger partial charge in [-0.25, -0.2) is 14.8 Å². The van der Waals surface area contributed by atoms with Crippen LogP contribution in [0.3, 0.4) is 0 Å². The van der Waals surface area contributed by atoms with Gasteiger partial charge in [-0.05, 0) is 18.9 Å². The van der Waals surface area contributed by atoms with Crippen LogP contribution in [0.1, 0.15) is 31.7 Å². The Morgan fingerprint density at radius 1 is 1.17 bits per heavy atom. The van der Waals surface area contributed by atoms with Gasteiger partial charge in [0.05, 0.1) is 12.1 Å². The van der Waals surface area contributed by atoms with Crippen LogP contribution in [0.2, 0.25) is 0 Å². The third-order valence-corrected chi connectivity index (χ3v) is 6.11. The maximum atomic E-state index is 12.2. The van der Waals surface area contributed by atoms with E-state index in [4.69, 9.17) is 4.74 Å². The number of nitrogens with one attached hydrogen (secondary N) is 1. The minimum atomic E-state index is -0.364.